The van der Waals surface area contributed by atoms with Crippen molar-refractivity contribution in [3.05, 3.63) is 23.8 Å². The minimum Gasteiger partial charge on any atom is -0.399 e. The molecule has 0 bridgehead atoms. The second-order valence-electron chi connectivity index (χ2n) is 8.20. The van der Waals surface area contributed by atoms with E-state index in [2.05, 4.69) is 17.9 Å². The van der Waals surface area contributed by atoms with Crippen molar-refractivity contribution in [2.75, 3.05) is 29.5 Å². The smallest absolute Gasteiger partial charge is 0.264 e. The number of nitrogens with two attached hydrogens (primary N) is 1. The molecule has 168 valence electrons. The maximum absolute atomic E-state index is 10.9. The summed E-state index contributed by atoms with van der Waals surface area (Å²) in [7, 11) is -3.87. The van der Waals surface area contributed by atoms with Crippen LogP contribution in [0.3, 0.4) is 0 Å². The van der Waals surface area contributed by atoms with Crippen LogP contribution in [0, 0.1) is 6.92 Å². The zero-order valence-electron chi connectivity index (χ0n) is 18.5. The van der Waals surface area contributed by atoms with Crippen LogP contribution in [0.2, 0.25) is 0 Å². The first-order valence-corrected chi connectivity index (χ1v) is 13.0. The molecule has 0 aromatic heterocycles. The Morgan fingerprint density at radius 3 is 1.90 bits per heavy atom. The van der Waals surface area contributed by atoms with Crippen LogP contribution in [0.25, 0.3) is 0 Å². The third-order valence-electron chi connectivity index (χ3n) is 5.48. The number of nitrogen functional groups attached to an aromatic ring is 1. The summed E-state index contributed by atoms with van der Waals surface area (Å²) in [6, 6.07) is 6.09. The Labute approximate surface area is 178 Å². The lowest BCUT2D eigenvalue weighted by atomic mass is 10.1. The average Bonchev–Trinajstić information content (AvgIpc) is 2.66. The molecule has 0 atom stereocenters. The molecule has 0 aliphatic rings. The first kappa shape index (κ1) is 25.8. The van der Waals surface area contributed by atoms with E-state index < -0.39 is 10.1 Å². The van der Waals surface area contributed by atoms with Gasteiger partial charge in [0.1, 0.15) is 0 Å². The van der Waals surface area contributed by atoms with E-state index in [9.17, 15) is 8.42 Å². The number of benzene rings is 1. The summed E-state index contributed by atoms with van der Waals surface area (Å²) in [4.78, 5) is 2.32. The summed E-state index contributed by atoms with van der Waals surface area (Å²) < 4.78 is 30.8. The van der Waals surface area contributed by atoms with Gasteiger partial charge in [-0.3, -0.25) is 4.55 Å². The zero-order valence-corrected chi connectivity index (χ0v) is 19.4. The first-order chi connectivity index (χ1) is 13.8. The third kappa shape index (κ3) is 12.8. The number of hydrogen-bond acceptors (Lipinski definition) is 4. The maximum atomic E-state index is 10.9. The van der Waals surface area contributed by atoms with Gasteiger partial charge in [0.2, 0.25) is 0 Å². The highest BCUT2D eigenvalue weighted by atomic mass is 32.2. The lowest BCUT2D eigenvalue weighted by Crippen LogP contribution is -2.26. The summed E-state index contributed by atoms with van der Waals surface area (Å²) in [5.41, 5.74) is 8.94. The van der Waals surface area contributed by atoms with Gasteiger partial charge < -0.3 is 10.6 Å². The molecule has 1 rings (SSSR count). The van der Waals surface area contributed by atoms with Crippen molar-refractivity contribution in [3.63, 3.8) is 0 Å². The molecule has 0 saturated heterocycles. The van der Waals surface area contributed by atoms with Crippen molar-refractivity contribution < 1.29 is 13.0 Å². The number of rotatable bonds is 17. The van der Waals surface area contributed by atoms with E-state index in [-0.39, 0.29) is 5.75 Å². The fraction of sp³-hybridized carbons (Fsp3) is 0.739. The molecule has 0 fully saturated rings. The van der Waals surface area contributed by atoms with Gasteiger partial charge in [-0.05, 0) is 49.9 Å². The van der Waals surface area contributed by atoms with Gasteiger partial charge in [0, 0.05) is 24.5 Å². The summed E-state index contributed by atoms with van der Waals surface area (Å²) in [5, 5.41) is 0. The van der Waals surface area contributed by atoms with E-state index in [0.29, 0.717) is 6.42 Å². The highest BCUT2D eigenvalue weighted by molar-refractivity contribution is 7.85. The molecule has 1 aromatic carbocycles. The fourth-order valence-electron chi connectivity index (χ4n) is 3.60. The summed E-state index contributed by atoms with van der Waals surface area (Å²) in [5.74, 6) is -0.167. The molecule has 0 aliphatic heterocycles. The number of unbranched alkanes of at least 4 members (excludes halogenated alkanes) is 10. The monoisotopic (exact) mass is 426 g/mol. The van der Waals surface area contributed by atoms with Crippen molar-refractivity contribution in [2.24, 2.45) is 0 Å². The lowest BCUT2D eigenvalue weighted by molar-refractivity contribution is 0.480. The Bertz CT molecular complexity index is 662. The third-order valence-corrected chi connectivity index (χ3v) is 6.29. The molecule has 1 aromatic rings. The van der Waals surface area contributed by atoms with Crippen LogP contribution >= 0.6 is 0 Å². The van der Waals surface area contributed by atoms with Crippen LogP contribution in [0.1, 0.15) is 89.5 Å². The van der Waals surface area contributed by atoms with Crippen molar-refractivity contribution in [1.29, 1.82) is 0 Å². The number of anilines is 2. The summed E-state index contributed by atoms with van der Waals surface area (Å²) in [6.45, 7) is 6.02. The van der Waals surface area contributed by atoms with E-state index in [1.807, 2.05) is 19.1 Å². The molecule has 0 amide bonds. The van der Waals surface area contributed by atoms with E-state index in [1.54, 1.807) is 0 Å². The predicted octanol–water partition coefficient (Wildman–Crippen LogP) is 5.97. The number of hydrogen-bond donors (Lipinski definition) is 2. The van der Waals surface area contributed by atoms with Crippen LogP contribution in [0.5, 0.6) is 0 Å². The predicted molar refractivity (Wildman–Crippen MR) is 125 cm³/mol. The van der Waals surface area contributed by atoms with Gasteiger partial charge in [0.05, 0.1) is 5.75 Å². The first-order valence-electron chi connectivity index (χ1n) is 11.4. The normalized spacial score (nSPS) is 11.7. The van der Waals surface area contributed by atoms with Crippen LogP contribution in [-0.2, 0) is 10.1 Å². The van der Waals surface area contributed by atoms with Crippen molar-refractivity contribution >= 4 is 21.5 Å². The molecule has 0 saturated carbocycles. The quantitative estimate of drug-likeness (QED) is 0.182. The molecule has 6 heteroatoms. The Hall–Kier alpha value is -1.27. The van der Waals surface area contributed by atoms with Crippen molar-refractivity contribution in [3.8, 4) is 0 Å². The Morgan fingerprint density at radius 2 is 1.38 bits per heavy atom. The fourth-order valence-corrected chi connectivity index (χ4v) is 4.17. The van der Waals surface area contributed by atoms with E-state index in [0.717, 1.165) is 42.9 Å². The van der Waals surface area contributed by atoms with Gasteiger partial charge in [-0.15, -0.1) is 0 Å². The molecular formula is C23H42N2O3S. The van der Waals surface area contributed by atoms with E-state index in [4.69, 9.17) is 10.3 Å². The van der Waals surface area contributed by atoms with Gasteiger partial charge in [-0.1, -0.05) is 64.7 Å². The molecule has 0 radical (unpaired) electrons. The SMILES string of the molecule is CCCCCCCCCCCCN(CCCCS(=O)(=O)O)c1ccc(N)c(C)c1. The largest absolute Gasteiger partial charge is 0.399 e. The minimum absolute atomic E-state index is 0.167. The highest BCUT2D eigenvalue weighted by Gasteiger charge is 2.09. The van der Waals surface area contributed by atoms with Crippen LogP contribution in [-0.4, -0.2) is 31.8 Å². The van der Waals surface area contributed by atoms with E-state index in [1.165, 1.54) is 57.8 Å². The molecular weight excluding hydrogens is 384 g/mol. The van der Waals surface area contributed by atoms with Gasteiger partial charge >= 0.3 is 0 Å². The molecule has 0 heterocycles. The Balaban J connectivity index is 2.37. The number of nitrogens with zero attached hydrogens (tertiary/aromatic N) is 1. The van der Waals surface area contributed by atoms with E-state index >= 15 is 0 Å². The molecule has 0 spiro atoms. The summed E-state index contributed by atoms with van der Waals surface area (Å²) >= 11 is 0. The average molecular weight is 427 g/mol. The molecule has 3 N–H and O–H groups in total. The van der Waals surface area contributed by atoms with Crippen molar-refractivity contribution in [2.45, 2.75) is 90.9 Å². The lowest BCUT2D eigenvalue weighted by Gasteiger charge is -2.25. The Kier molecular flexibility index (Phi) is 13.0. The molecule has 0 unspecified atom stereocenters. The zero-order chi connectivity index (χ0) is 21.5. The standard InChI is InChI=1S/C23H42N2O3S/c1-3-4-5-6-7-8-9-10-11-12-17-25(18-13-14-19-29(26,27)28)22-15-16-23(24)21(2)20-22/h15-16,20H,3-14,17-19,24H2,1-2H3,(H,26,27,28). The molecule has 29 heavy (non-hydrogen) atoms. The summed E-state index contributed by atoms with van der Waals surface area (Å²) in [6.07, 6.45) is 14.3. The van der Waals surface area contributed by atoms with Crippen LogP contribution in [0.4, 0.5) is 11.4 Å². The minimum atomic E-state index is -3.87. The van der Waals surface area contributed by atoms with Crippen LogP contribution in [0.15, 0.2) is 18.2 Å². The van der Waals surface area contributed by atoms with Gasteiger partial charge in [0.15, 0.2) is 0 Å². The van der Waals surface area contributed by atoms with Gasteiger partial charge in [-0.25, -0.2) is 0 Å². The molecule has 0 aliphatic carbocycles. The van der Waals surface area contributed by atoms with Crippen LogP contribution < -0.4 is 10.6 Å². The second-order valence-corrected chi connectivity index (χ2v) is 9.78. The van der Waals surface area contributed by atoms with Crippen molar-refractivity contribution in [1.82, 2.24) is 0 Å². The topological polar surface area (TPSA) is 83.6 Å². The number of aryl methyl sites for hydroxylation is 1. The maximum Gasteiger partial charge on any atom is 0.264 e. The van der Waals surface area contributed by atoms with Gasteiger partial charge in [0.25, 0.3) is 10.1 Å². The Morgan fingerprint density at radius 1 is 0.862 bits per heavy atom. The van der Waals surface area contributed by atoms with Gasteiger partial charge in [-0.2, -0.15) is 8.42 Å². The second kappa shape index (κ2) is 14.7. The molecule has 5 nitrogen and oxygen atoms in total. The highest BCUT2D eigenvalue weighted by Crippen LogP contribution is 2.22.